The van der Waals surface area contributed by atoms with Crippen LogP contribution in [0.1, 0.15) is 11.1 Å². The summed E-state index contributed by atoms with van der Waals surface area (Å²) in [6.45, 7) is 0.0410. The van der Waals surface area contributed by atoms with Crippen LogP contribution in [0.2, 0.25) is 0 Å². The van der Waals surface area contributed by atoms with E-state index >= 15 is 0 Å². The number of hydrogen-bond acceptors (Lipinski definition) is 3. The Kier molecular flexibility index (Phi) is 4.93. The van der Waals surface area contributed by atoms with E-state index in [9.17, 15) is 23.5 Å². The molecular formula is C22H17F2N3O3. The van der Waals surface area contributed by atoms with Crippen LogP contribution in [0, 0.1) is 11.6 Å². The van der Waals surface area contributed by atoms with E-state index in [2.05, 4.69) is 10.6 Å². The molecule has 152 valence electrons. The zero-order valence-electron chi connectivity index (χ0n) is 15.6. The lowest BCUT2D eigenvalue weighted by molar-refractivity contribution is -0.140. The number of halogens is 2. The Morgan fingerprint density at radius 1 is 0.967 bits per heavy atom. The van der Waals surface area contributed by atoms with Crippen LogP contribution >= 0.6 is 0 Å². The van der Waals surface area contributed by atoms with Crippen molar-refractivity contribution in [1.82, 2.24) is 5.32 Å². The van der Waals surface area contributed by atoms with Gasteiger partial charge in [0.05, 0.1) is 5.69 Å². The van der Waals surface area contributed by atoms with E-state index in [0.717, 1.165) is 23.8 Å². The fourth-order valence-electron chi connectivity index (χ4n) is 3.43. The van der Waals surface area contributed by atoms with Crippen LogP contribution < -0.4 is 15.5 Å². The summed E-state index contributed by atoms with van der Waals surface area (Å²) in [6.07, 6.45) is 0. The van der Waals surface area contributed by atoms with Gasteiger partial charge in [0.25, 0.3) is 11.6 Å². The molecule has 8 heteroatoms. The highest BCUT2D eigenvalue weighted by Gasteiger charge is 2.53. The van der Waals surface area contributed by atoms with Crippen molar-refractivity contribution in [3.05, 3.63) is 95.6 Å². The quantitative estimate of drug-likeness (QED) is 0.617. The van der Waals surface area contributed by atoms with Crippen molar-refractivity contribution in [1.29, 1.82) is 0 Å². The first-order chi connectivity index (χ1) is 14.4. The summed E-state index contributed by atoms with van der Waals surface area (Å²) in [5.74, 6) is -3.20. The summed E-state index contributed by atoms with van der Waals surface area (Å²) >= 11 is 0. The lowest BCUT2D eigenvalue weighted by atomic mass is 9.94. The van der Waals surface area contributed by atoms with Crippen molar-refractivity contribution in [2.75, 3.05) is 10.2 Å². The van der Waals surface area contributed by atoms with Gasteiger partial charge in [-0.25, -0.2) is 18.5 Å². The van der Waals surface area contributed by atoms with Crippen LogP contribution in [0.5, 0.6) is 0 Å². The van der Waals surface area contributed by atoms with Crippen molar-refractivity contribution in [2.45, 2.75) is 12.3 Å². The zero-order valence-corrected chi connectivity index (χ0v) is 15.6. The minimum absolute atomic E-state index is 0.0159. The number of hydrogen-bond donors (Lipinski definition) is 3. The second kappa shape index (κ2) is 7.57. The molecule has 0 saturated heterocycles. The SMILES string of the molecule is O=C1Nc2ccccc2C(O)(C(=O)NCc2ccccc2)N1c1c(F)cccc1F. The smallest absolute Gasteiger partial charge is 0.329 e. The number of anilines is 2. The molecule has 1 atom stereocenters. The molecule has 1 aliphatic heterocycles. The lowest BCUT2D eigenvalue weighted by Crippen LogP contribution is -2.62. The average molecular weight is 409 g/mol. The Morgan fingerprint density at radius 2 is 1.60 bits per heavy atom. The van der Waals surface area contributed by atoms with Crippen molar-refractivity contribution >= 4 is 23.3 Å². The van der Waals surface area contributed by atoms with Crippen molar-refractivity contribution in [2.24, 2.45) is 0 Å². The molecule has 0 aromatic heterocycles. The van der Waals surface area contributed by atoms with Gasteiger partial charge >= 0.3 is 6.03 Å². The molecule has 0 bridgehead atoms. The molecule has 1 aliphatic rings. The maximum atomic E-state index is 14.5. The Morgan fingerprint density at radius 3 is 2.30 bits per heavy atom. The summed E-state index contributed by atoms with van der Waals surface area (Å²) in [6, 6.07) is 16.9. The molecule has 1 heterocycles. The van der Waals surface area contributed by atoms with E-state index in [1.165, 1.54) is 12.1 Å². The van der Waals surface area contributed by atoms with Gasteiger partial charge in [0, 0.05) is 12.1 Å². The summed E-state index contributed by atoms with van der Waals surface area (Å²) in [5, 5.41) is 16.5. The number of fused-ring (bicyclic) bond motifs is 1. The number of amides is 3. The first-order valence-corrected chi connectivity index (χ1v) is 9.12. The van der Waals surface area contributed by atoms with Crippen molar-refractivity contribution < 1.29 is 23.5 Å². The third kappa shape index (κ3) is 3.17. The third-order valence-corrected chi connectivity index (χ3v) is 4.84. The number of para-hydroxylation sites is 2. The maximum absolute atomic E-state index is 14.5. The van der Waals surface area contributed by atoms with Gasteiger partial charge in [0.15, 0.2) is 0 Å². The van der Waals surface area contributed by atoms with Crippen LogP contribution in [0.15, 0.2) is 72.8 Å². The molecule has 3 amide bonds. The Labute approximate surface area is 170 Å². The molecule has 30 heavy (non-hydrogen) atoms. The molecular weight excluding hydrogens is 392 g/mol. The summed E-state index contributed by atoms with van der Waals surface area (Å²) in [5.41, 5.74) is -2.63. The van der Waals surface area contributed by atoms with E-state index in [-0.39, 0.29) is 17.8 Å². The molecule has 0 fully saturated rings. The second-order valence-corrected chi connectivity index (χ2v) is 6.72. The Balaban J connectivity index is 1.82. The number of nitrogens with one attached hydrogen (secondary N) is 2. The predicted molar refractivity (Wildman–Crippen MR) is 106 cm³/mol. The largest absolute Gasteiger partial charge is 0.359 e. The van der Waals surface area contributed by atoms with Crippen LogP contribution in [0.25, 0.3) is 0 Å². The highest BCUT2D eigenvalue weighted by atomic mass is 19.1. The number of nitrogens with zero attached hydrogens (tertiary/aromatic N) is 1. The fraction of sp³-hybridized carbons (Fsp3) is 0.0909. The average Bonchev–Trinajstić information content (AvgIpc) is 2.74. The molecule has 3 aromatic rings. The fourth-order valence-corrected chi connectivity index (χ4v) is 3.43. The van der Waals surface area contributed by atoms with Crippen LogP contribution in [-0.2, 0) is 17.1 Å². The van der Waals surface area contributed by atoms with Gasteiger partial charge in [-0.3, -0.25) is 4.79 Å². The minimum Gasteiger partial charge on any atom is -0.359 e. The Hall–Kier alpha value is -3.78. The maximum Gasteiger partial charge on any atom is 0.329 e. The van der Waals surface area contributed by atoms with Gasteiger partial charge in [-0.05, 0) is 23.8 Å². The first-order valence-electron chi connectivity index (χ1n) is 9.12. The molecule has 0 saturated carbocycles. The molecule has 0 aliphatic carbocycles. The summed E-state index contributed by atoms with van der Waals surface area (Å²) < 4.78 is 29.1. The first kappa shape index (κ1) is 19.5. The van der Waals surface area contributed by atoms with E-state index in [1.54, 1.807) is 36.4 Å². The van der Waals surface area contributed by atoms with E-state index in [4.69, 9.17) is 0 Å². The van der Waals surface area contributed by atoms with Gasteiger partial charge in [-0.2, -0.15) is 0 Å². The normalized spacial score (nSPS) is 17.8. The standard InChI is InChI=1S/C22H17F2N3O3/c23-16-10-6-11-17(24)19(16)27-21(29)26-18-12-5-4-9-15(18)22(27,30)20(28)25-13-14-7-2-1-3-8-14/h1-12,30H,13H2,(H,25,28)(H,26,29). The molecule has 1 unspecified atom stereocenters. The molecule has 0 spiro atoms. The van der Waals surface area contributed by atoms with E-state index in [0.29, 0.717) is 4.90 Å². The highest BCUT2D eigenvalue weighted by Crippen LogP contribution is 2.41. The summed E-state index contributed by atoms with van der Waals surface area (Å²) in [7, 11) is 0. The van der Waals surface area contributed by atoms with Crippen LogP contribution in [0.3, 0.4) is 0 Å². The number of carbonyl (C=O) groups is 2. The van der Waals surface area contributed by atoms with Crippen molar-refractivity contribution in [3.8, 4) is 0 Å². The molecule has 3 aromatic carbocycles. The molecule has 4 rings (SSSR count). The number of benzene rings is 3. The molecule has 0 radical (unpaired) electrons. The zero-order chi connectivity index (χ0) is 21.3. The monoisotopic (exact) mass is 409 g/mol. The minimum atomic E-state index is -2.68. The number of carbonyl (C=O) groups excluding carboxylic acids is 2. The molecule has 6 nitrogen and oxygen atoms in total. The van der Waals surface area contributed by atoms with Gasteiger partial charge in [-0.15, -0.1) is 0 Å². The number of aliphatic hydroxyl groups is 1. The Bertz CT molecular complexity index is 1100. The lowest BCUT2D eigenvalue weighted by Gasteiger charge is -2.42. The van der Waals surface area contributed by atoms with E-state index < -0.39 is 35.0 Å². The summed E-state index contributed by atoms with van der Waals surface area (Å²) in [4.78, 5) is 26.4. The predicted octanol–water partition coefficient (Wildman–Crippen LogP) is 3.48. The van der Waals surface area contributed by atoms with E-state index in [1.807, 2.05) is 6.07 Å². The van der Waals surface area contributed by atoms with Gasteiger partial charge in [0.1, 0.15) is 17.3 Å². The third-order valence-electron chi connectivity index (χ3n) is 4.84. The van der Waals surface area contributed by atoms with Gasteiger partial charge in [-0.1, -0.05) is 54.6 Å². The van der Waals surface area contributed by atoms with Crippen LogP contribution in [0.4, 0.5) is 25.0 Å². The van der Waals surface area contributed by atoms with Gasteiger partial charge in [0.2, 0.25) is 0 Å². The van der Waals surface area contributed by atoms with Gasteiger partial charge < -0.3 is 15.7 Å². The highest BCUT2D eigenvalue weighted by molar-refractivity contribution is 6.11. The van der Waals surface area contributed by atoms with Crippen molar-refractivity contribution in [3.63, 3.8) is 0 Å². The second-order valence-electron chi connectivity index (χ2n) is 6.72. The van der Waals surface area contributed by atoms with Crippen LogP contribution in [-0.4, -0.2) is 17.0 Å². The topological polar surface area (TPSA) is 81.7 Å². The number of rotatable bonds is 4. The number of urea groups is 1. The molecule has 3 N–H and O–H groups in total.